The number of imidazole rings is 3. The van der Waals surface area contributed by atoms with Crippen molar-refractivity contribution in [2.45, 2.75) is 126 Å². The van der Waals surface area contributed by atoms with Crippen LogP contribution < -0.4 is 13.7 Å². The van der Waals surface area contributed by atoms with E-state index < -0.39 is 0 Å². The molecule has 0 amide bonds. The Hall–Kier alpha value is -7.38. The second-order valence-electron chi connectivity index (χ2n) is 26.6. The van der Waals surface area contributed by atoms with Gasteiger partial charge in [0.2, 0.25) is 0 Å². The largest absolute Gasteiger partial charge is 0.295 e. The first-order chi connectivity index (χ1) is 39.1. The topological polar surface area (TPSA) is 65.1 Å². The van der Waals surface area contributed by atoms with Gasteiger partial charge in [0.05, 0.1) is 90.6 Å². The number of hydrogen-bond acceptors (Lipinski definition) is 6. The fraction of sp³-hybridized carbons (Fsp3) is 0.324. The van der Waals surface area contributed by atoms with Crippen molar-refractivity contribution in [1.29, 1.82) is 0 Å². The number of benzene rings is 7. The van der Waals surface area contributed by atoms with Crippen LogP contribution in [0.1, 0.15) is 115 Å². The van der Waals surface area contributed by atoms with E-state index in [0.29, 0.717) is 0 Å². The third-order valence-corrected chi connectivity index (χ3v) is 20.1. The van der Waals surface area contributed by atoms with E-state index in [-0.39, 0.29) is 21.8 Å². The van der Waals surface area contributed by atoms with E-state index in [1.807, 2.05) is 22.7 Å². The molecule has 424 valence electrons. The molecule has 9 nitrogen and oxygen atoms in total. The second-order valence-corrected chi connectivity index (χ2v) is 29.7. The van der Waals surface area contributed by atoms with E-state index in [0.717, 1.165) is 16.6 Å². The van der Waals surface area contributed by atoms with Crippen molar-refractivity contribution >= 4 is 97.8 Å². The molecule has 0 N–H and O–H groups in total. The average molecular weight is 1160 g/mol. The molecule has 0 unspecified atom stereocenters. The summed E-state index contributed by atoms with van der Waals surface area (Å²) in [5.74, 6) is 3.66. The Labute approximate surface area is 501 Å². The third kappa shape index (κ3) is 10.5. The van der Waals surface area contributed by atoms with Gasteiger partial charge in [0.15, 0.2) is 33.1 Å². The molecule has 0 aliphatic carbocycles. The molecule has 0 bridgehead atoms. The number of fused-ring (bicyclic) bond motifs is 6. The lowest BCUT2D eigenvalue weighted by Gasteiger charge is -2.19. The SMILES string of the molecule is Cc1cc2nc(C(C)(C)C)sc2cc1-c1n(-c2ccccc2)c2ccccc2[n+]1C.Cc1cc2nc(C(C)(C)C)sc2cc1-c1n(C(C)(C)C)c2ccccc2[n+]1C.Cc1cc2nc(C(C)(C)C)sc2cc1-c1n(C)c2ccccc2[n+]1C. The first-order valence-electron chi connectivity index (χ1n) is 28.8. The van der Waals surface area contributed by atoms with Gasteiger partial charge in [-0.1, -0.05) is 117 Å². The highest BCUT2D eigenvalue weighted by Gasteiger charge is 2.34. The van der Waals surface area contributed by atoms with Crippen LogP contribution in [0.2, 0.25) is 0 Å². The van der Waals surface area contributed by atoms with E-state index in [2.05, 4.69) is 299 Å². The van der Waals surface area contributed by atoms with E-state index in [9.17, 15) is 0 Å². The summed E-state index contributed by atoms with van der Waals surface area (Å²) in [6.45, 7) is 33.5. The quantitative estimate of drug-likeness (QED) is 0.165. The first-order valence-corrected chi connectivity index (χ1v) is 31.3. The molecule has 12 heteroatoms. The van der Waals surface area contributed by atoms with E-state index in [1.165, 1.54) is 119 Å². The van der Waals surface area contributed by atoms with Crippen molar-refractivity contribution in [3.63, 3.8) is 0 Å². The van der Waals surface area contributed by atoms with Crippen LogP contribution >= 0.6 is 34.0 Å². The van der Waals surface area contributed by atoms with Gasteiger partial charge in [-0.25, -0.2) is 37.8 Å². The number of rotatable bonds is 4. The number of thiazole rings is 3. The normalized spacial score (nSPS) is 12.5. The lowest BCUT2D eigenvalue weighted by Crippen LogP contribution is -2.33. The van der Waals surface area contributed by atoms with Crippen LogP contribution in [0.25, 0.3) is 104 Å². The van der Waals surface area contributed by atoms with Crippen LogP contribution in [0.4, 0.5) is 0 Å². The van der Waals surface area contributed by atoms with Gasteiger partial charge in [-0.15, -0.1) is 34.0 Å². The van der Waals surface area contributed by atoms with Crippen LogP contribution in [0.15, 0.2) is 140 Å². The fourth-order valence-electron chi connectivity index (χ4n) is 11.5. The Morgan fingerprint density at radius 3 is 1.14 bits per heavy atom. The van der Waals surface area contributed by atoms with Gasteiger partial charge in [0.25, 0.3) is 17.5 Å². The predicted molar refractivity (Wildman–Crippen MR) is 353 cm³/mol. The fourth-order valence-corrected chi connectivity index (χ4v) is 14.6. The number of aromatic nitrogens is 9. The number of para-hydroxylation sites is 7. The lowest BCUT2D eigenvalue weighted by atomic mass is 9.98. The summed E-state index contributed by atoms with van der Waals surface area (Å²) < 4.78 is 17.8. The summed E-state index contributed by atoms with van der Waals surface area (Å²) in [6.07, 6.45) is 0. The molecule has 7 aromatic carbocycles. The van der Waals surface area contributed by atoms with Crippen molar-refractivity contribution in [3.05, 3.63) is 171 Å². The molecule has 0 radical (unpaired) electrons. The number of nitrogens with zero attached hydrogens (tertiary/aromatic N) is 9. The summed E-state index contributed by atoms with van der Waals surface area (Å²) >= 11 is 5.44. The van der Waals surface area contributed by atoms with Gasteiger partial charge in [0.1, 0.15) is 11.2 Å². The van der Waals surface area contributed by atoms with Crippen molar-refractivity contribution in [1.82, 2.24) is 28.7 Å². The Morgan fingerprint density at radius 1 is 0.386 bits per heavy atom. The van der Waals surface area contributed by atoms with Crippen molar-refractivity contribution in [2.75, 3.05) is 0 Å². The summed E-state index contributed by atoms with van der Waals surface area (Å²) in [6, 6.07) is 50.2. The molecule has 13 aromatic rings. The van der Waals surface area contributed by atoms with Crippen molar-refractivity contribution < 1.29 is 13.7 Å². The molecule has 0 saturated heterocycles. The summed E-state index contributed by atoms with van der Waals surface area (Å²) in [5.41, 5.74) is 19.7. The number of aryl methyl sites for hydroxylation is 7. The smallest absolute Gasteiger partial charge is 0.241 e. The standard InChI is InChI=1S/C26H26N3S.C24H30N3S.C21H24N3S/c1-17-15-20-23(30-25(27-20)26(2,3)4)16-19(17)24-28(5)21-13-9-10-14-22(21)29(24)18-11-7-6-8-12-18;1-15-13-17-20(28-22(25-17)23(2,3)4)14-16(15)21-26(8)18-11-9-10-12-19(18)27(21)24(5,6)7;1-13-11-15-18(25-20(22-15)21(2,3)4)12-14(13)19-23(5)16-9-7-8-10-17(16)24(19)6/h6-16H,1-5H3;9-14H,1-8H3;7-12H,1-6H3/q3*+1. The maximum absolute atomic E-state index is 4.93. The highest BCUT2D eigenvalue weighted by molar-refractivity contribution is 7.19. The lowest BCUT2D eigenvalue weighted by molar-refractivity contribution is -0.634. The Morgan fingerprint density at radius 2 is 0.723 bits per heavy atom. The van der Waals surface area contributed by atoms with Gasteiger partial charge >= 0.3 is 0 Å². The molecule has 83 heavy (non-hydrogen) atoms. The summed E-state index contributed by atoms with van der Waals surface area (Å²) in [7, 11) is 8.63. The van der Waals surface area contributed by atoms with Crippen LogP contribution in [-0.4, -0.2) is 28.7 Å². The maximum atomic E-state index is 4.93. The molecule has 0 aliphatic rings. The molecule has 0 atom stereocenters. The highest BCUT2D eigenvalue weighted by atomic mass is 32.1. The molecule has 0 saturated carbocycles. The minimum Gasteiger partial charge on any atom is -0.241 e. The zero-order valence-electron chi connectivity index (χ0n) is 52.0. The molecular formula is C71H80N9S3+3. The molecule has 0 aliphatic heterocycles. The molecule has 0 spiro atoms. The zero-order chi connectivity index (χ0) is 59.4. The Balaban J connectivity index is 0.000000131. The predicted octanol–water partition coefficient (Wildman–Crippen LogP) is 17.3. The average Bonchev–Trinajstić information content (AvgIpc) is 4.27. The van der Waals surface area contributed by atoms with Crippen molar-refractivity contribution in [3.8, 4) is 39.9 Å². The Bertz CT molecular complexity index is 4580. The first kappa shape index (κ1) is 57.4. The summed E-state index contributed by atoms with van der Waals surface area (Å²) in [4.78, 5) is 14.7. The highest BCUT2D eigenvalue weighted by Crippen LogP contribution is 2.40. The molecule has 6 aromatic heterocycles. The summed E-state index contributed by atoms with van der Waals surface area (Å²) in [5, 5.41) is 3.57. The zero-order valence-corrected chi connectivity index (χ0v) is 54.5. The van der Waals surface area contributed by atoms with Gasteiger partial charge in [0, 0.05) is 16.2 Å². The third-order valence-electron chi connectivity index (χ3n) is 15.8. The van der Waals surface area contributed by atoms with Gasteiger partial charge in [-0.3, -0.25) is 0 Å². The van der Waals surface area contributed by atoms with E-state index in [4.69, 9.17) is 15.0 Å². The monoisotopic (exact) mass is 1150 g/mol. The maximum Gasteiger partial charge on any atom is 0.295 e. The minimum absolute atomic E-state index is 0.0259. The van der Waals surface area contributed by atoms with Crippen LogP contribution in [0.5, 0.6) is 0 Å². The number of hydrogen-bond donors (Lipinski definition) is 0. The Kier molecular flexibility index (Phi) is 14.6. The van der Waals surface area contributed by atoms with Crippen LogP contribution in [0.3, 0.4) is 0 Å². The van der Waals surface area contributed by atoms with Crippen LogP contribution in [-0.2, 0) is 50.0 Å². The molecular weight excluding hydrogens is 1080 g/mol. The van der Waals surface area contributed by atoms with Crippen LogP contribution in [0, 0.1) is 20.8 Å². The molecule has 13 rings (SSSR count). The second kappa shape index (κ2) is 21.0. The van der Waals surface area contributed by atoms with Crippen molar-refractivity contribution in [2.24, 2.45) is 28.2 Å². The van der Waals surface area contributed by atoms with Gasteiger partial charge in [-0.05, 0) is 143 Å². The molecule has 6 heterocycles. The van der Waals surface area contributed by atoms with Gasteiger partial charge < -0.3 is 0 Å². The van der Waals surface area contributed by atoms with Gasteiger partial charge in [-0.2, -0.15) is 4.57 Å². The minimum atomic E-state index is -0.0259. The molecule has 0 fully saturated rings. The van der Waals surface area contributed by atoms with E-state index >= 15 is 0 Å². The van der Waals surface area contributed by atoms with E-state index in [1.54, 1.807) is 11.3 Å².